The number of aromatic nitrogens is 2. The average Bonchev–Trinajstić information content (AvgIpc) is 2.62. The Morgan fingerprint density at radius 2 is 2.12 bits per heavy atom. The molecule has 0 aliphatic heterocycles. The van der Waals surface area contributed by atoms with E-state index in [2.05, 4.69) is 17.3 Å². The van der Waals surface area contributed by atoms with Crippen LogP contribution in [0.3, 0.4) is 0 Å². The zero-order valence-electron chi connectivity index (χ0n) is 10.5. The van der Waals surface area contributed by atoms with Gasteiger partial charge in [0.2, 0.25) is 0 Å². The Balaban J connectivity index is 2.23. The lowest BCUT2D eigenvalue weighted by molar-refractivity contribution is 0.0943. The highest BCUT2D eigenvalue weighted by Crippen LogP contribution is 2.08. The summed E-state index contributed by atoms with van der Waals surface area (Å²) in [5, 5.41) is 7.14. The molecular formula is C12H20ClN3O. The van der Waals surface area contributed by atoms with Crippen LogP contribution in [0.2, 0.25) is 5.15 Å². The van der Waals surface area contributed by atoms with Gasteiger partial charge in [-0.25, -0.2) is 0 Å². The fourth-order valence-corrected chi connectivity index (χ4v) is 1.88. The third-order valence-corrected chi connectivity index (χ3v) is 2.83. The zero-order chi connectivity index (χ0) is 12.7. The van der Waals surface area contributed by atoms with E-state index < -0.39 is 0 Å². The molecule has 1 aromatic heterocycles. The Morgan fingerprint density at radius 1 is 1.41 bits per heavy atom. The fraction of sp³-hybridized carbons (Fsp3) is 0.667. The van der Waals surface area contributed by atoms with E-state index in [0.29, 0.717) is 17.4 Å². The molecule has 0 fully saturated rings. The van der Waals surface area contributed by atoms with Gasteiger partial charge in [-0.05, 0) is 6.42 Å². The number of unbranched alkanes of at least 4 members (excludes halogenated alkanes) is 4. The van der Waals surface area contributed by atoms with Gasteiger partial charge in [0.1, 0.15) is 5.69 Å². The van der Waals surface area contributed by atoms with Crippen molar-refractivity contribution >= 4 is 17.5 Å². The fourth-order valence-electron chi connectivity index (χ4n) is 1.67. The lowest BCUT2D eigenvalue weighted by Gasteiger charge is -2.04. The third kappa shape index (κ3) is 4.77. The van der Waals surface area contributed by atoms with E-state index in [1.807, 2.05) is 0 Å². The molecule has 0 aliphatic rings. The number of carbonyl (C=O) groups excluding carboxylic acids is 1. The van der Waals surface area contributed by atoms with Gasteiger partial charge in [-0.1, -0.05) is 44.2 Å². The second kappa shape index (κ2) is 7.33. The van der Waals surface area contributed by atoms with Crippen molar-refractivity contribution in [3.63, 3.8) is 0 Å². The topological polar surface area (TPSA) is 46.9 Å². The summed E-state index contributed by atoms with van der Waals surface area (Å²) in [6.07, 6.45) is 5.94. The molecule has 17 heavy (non-hydrogen) atoms. The number of rotatable bonds is 7. The van der Waals surface area contributed by atoms with Gasteiger partial charge >= 0.3 is 0 Å². The molecule has 0 radical (unpaired) electrons. The number of nitrogens with one attached hydrogen (secondary N) is 1. The first-order valence-electron chi connectivity index (χ1n) is 6.13. The molecule has 1 aromatic rings. The first-order valence-corrected chi connectivity index (χ1v) is 6.50. The van der Waals surface area contributed by atoms with Crippen molar-refractivity contribution in [3.8, 4) is 0 Å². The molecule has 4 nitrogen and oxygen atoms in total. The van der Waals surface area contributed by atoms with E-state index in [1.165, 1.54) is 30.4 Å². The summed E-state index contributed by atoms with van der Waals surface area (Å²) in [4.78, 5) is 11.7. The SMILES string of the molecule is CCCCCCCNC(=O)c1cc(Cl)nn1C. The first-order chi connectivity index (χ1) is 8.15. The number of aryl methyl sites for hydroxylation is 1. The summed E-state index contributed by atoms with van der Waals surface area (Å²) >= 11 is 5.72. The molecule has 0 atom stereocenters. The molecule has 0 saturated heterocycles. The van der Waals surface area contributed by atoms with Crippen molar-refractivity contribution in [3.05, 3.63) is 16.9 Å². The predicted molar refractivity (Wildman–Crippen MR) is 69.3 cm³/mol. The van der Waals surface area contributed by atoms with Gasteiger partial charge in [-0.2, -0.15) is 5.10 Å². The van der Waals surface area contributed by atoms with Gasteiger partial charge in [-0.15, -0.1) is 0 Å². The van der Waals surface area contributed by atoms with Crippen LogP contribution in [0.15, 0.2) is 6.07 Å². The monoisotopic (exact) mass is 257 g/mol. The van der Waals surface area contributed by atoms with E-state index in [1.54, 1.807) is 13.1 Å². The normalized spacial score (nSPS) is 10.5. The van der Waals surface area contributed by atoms with Gasteiger partial charge < -0.3 is 5.32 Å². The number of nitrogens with zero attached hydrogens (tertiary/aromatic N) is 2. The van der Waals surface area contributed by atoms with Crippen molar-refractivity contribution in [1.82, 2.24) is 15.1 Å². The molecule has 0 spiro atoms. The number of carbonyl (C=O) groups is 1. The summed E-state index contributed by atoms with van der Waals surface area (Å²) < 4.78 is 1.49. The second-order valence-corrected chi connectivity index (χ2v) is 4.53. The molecule has 96 valence electrons. The van der Waals surface area contributed by atoms with Crippen molar-refractivity contribution in [2.24, 2.45) is 7.05 Å². The van der Waals surface area contributed by atoms with Crippen LogP contribution in [0, 0.1) is 0 Å². The van der Waals surface area contributed by atoms with Crippen LogP contribution in [0.1, 0.15) is 49.5 Å². The largest absolute Gasteiger partial charge is 0.351 e. The Morgan fingerprint density at radius 3 is 2.71 bits per heavy atom. The van der Waals surface area contributed by atoms with Gasteiger partial charge in [0.25, 0.3) is 5.91 Å². The smallest absolute Gasteiger partial charge is 0.269 e. The number of hydrogen-bond acceptors (Lipinski definition) is 2. The summed E-state index contributed by atoms with van der Waals surface area (Å²) in [6, 6.07) is 1.58. The van der Waals surface area contributed by atoms with Crippen molar-refractivity contribution in [2.75, 3.05) is 6.54 Å². The van der Waals surface area contributed by atoms with Crippen LogP contribution in [-0.4, -0.2) is 22.2 Å². The van der Waals surface area contributed by atoms with Crippen molar-refractivity contribution < 1.29 is 4.79 Å². The average molecular weight is 258 g/mol. The van der Waals surface area contributed by atoms with E-state index in [0.717, 1.165) is 6.42 Å². The van der Waals surface area contributed by atoms with Crippen LogP contribution < -0.4 is 5.32 Å². The maximum absolute atomic E-state index is 11.7. The molecule has 1 heterocycles. The van der Waals surface area contributed by atoms with Gasteiger partial charge in [0.15, 0.2) is 5.15 Å². The second-order valence-electron chi connectivity index (χ2n) is 4.15. The van der Waals surface area contributed by atoms with E-state index in [-0.39, 0.29) is 5.91 Å². The maximum atomic E-state index is 11.7. The zero-order valence-corrected chi connectivity index (χ0v) is 11.3. The lowest BCUT2D eigenvalue weighted by Crippen LogP contribution is -2.26. The van der Waals surface area contributed by atoms with Crippen molar-refractivity contribution in [1.29, 1.82) is 0 Å². The van der Waals surface area contributed by atoms with Crippen LogP contribution in [0.5, 0.6) is 0 Å². The molecule has 0 saturated carbocycles. The van der Waals surface area contributed by atoms with E-state index >= 15 is 0 Å². The van der Waals surface area contributed by atoms with Crippen LogP contribution in [0.4, 0.5) is 0 Å². The van der Waals surface area contributed by atoms with E-state index in [4.69, 9.17) is 11.6 Å². The summed E-state index contributed by atoms with van der Waals surface area (Å²) in [5.41, 5.74) is 0.503. The molecule has 1 amide bonds. The summed E-state index contributed by atoms with van der Waals surface area (Å²) in [7, 11) is 1.71. The van der Waals surface area contributed by atoms with Crippen LogP contribution in [0.25, 0.3) is 0 Å². The highest BCUT2D eigenvalue weighted by molar-refractivity contribution is 6.29. The van der Waals surface area contributed by atoms with Crippen molar-refractivity contribution in [2.45, 2.75) is 39.0 Å². The molecule has 0 bridgehead atoms. The van der Waals surface area contributed by atoms with Gasteiger partial charge in [-0.3, -0.25) is 9.48 Å². The Hall–Kier alpha value is -1.03. The maximum Gasteiger partial charge on any atom is 0.269 e. The molecule has 0 aliphatic carbocycles. The third-order valence-electron chi connectivity index (χ3n) is 2.65. The molecule has 0 aromatic carbocycles. The number of hydrogen-bond donors (Lipinski definition) is 1. The molecule has 1 rings (SSSR count). The summed E-state index contributed by atoms with van der Waals surface area (Å²) in [5.74, 6) is -0.109. The lowest BCUT2D eigenvalue weighted by atomic mass is 10.1. The molecular weight excluding hydrogens is 238 g/mol. The highest BCUT2D eigenvalue weighted by atomic mass is 35.5. The minimum absolute atomic E-state index is 0.109. The van der Waals surface area contributed by atoms with Gasteiger partial charge in [0, 0.05) is 19.7 Å². The minimum atomic E-state index is -0.109. The predicted octanol–water partition coefficient (Wildman–Crippen LogP) is 2.77. The molecule has 0 unspecified atom stereocenters. The summed E-state index contributed by atoms with van der Waals surface area (Å²) in [6.45, 7) is 2.90. The highest BCUT2D eigenvalue weighted by Gasteiger charge is 2.11. The number of halogens is 1. The Kier molecular flexibility index (Phi) is 6.05. The first kappa shape index (κ1) is 14.0. The Labute approximate surface area is 107 Å². The van der Waals surface area contributed by atoms with Crippen LogP contribution >= 0.6 is 11.6 Å². The Bertz CT molecular complexity index is 363. The standard InChI is InChI=1S/C12H20ClN3O/c1-3-4-5-6-7-8-14-12(17)10-9-11(13)15-16(10)2/h9H,3-8H2,1-2H3,(H,14,17). The minimum Gasteiger partial charge on any atom is -0.351 e. The van der Waals surface area contributed by atoms with E-state index in [9.17, 15) is 4.79 Å². The molecule has 1 N–H and O–H groups in total. The number of amides is 1. The quantitative estimate of drug-likeness (QED) is 0.764. The van der Waals surface area contributed by atoms with Crippen LogP contribution in [-0.2, 0) is 7.05 Å². The van der Waals surface area contributed by atoms with Gasteiger partial charge in [0.05, 0.1) is 0 Å². The molecule has 5 heteroatoms.